The Balaban J connectivity index is 1.78. The van der Waals surface area contributed by atoms with Crippen LogP contribution in [0.5, 0.6) is 0 Å². The minimum absolute atomic E-state index is 0.0135. The van der Waals surface area contributed by atoms with Gasteiger partial charge in [0.2, 0.25) is 0 Å². The van der Waals surface area contributed by atoms with Gasteiger partial charge < -0.3 is 5.32 Å². The number of carbonyl (C=O) groups excluding carboxylic acids is 2. The summed E-state index contributed by atoms with van der Waals surface area (Å²) in [6, 6.07) is 7.66. The highest BCUT2D eigenvalue weighted by Crippen LogP contribution is 2.52. The third-order valence-corrected chi connectivity index (χ3v) is 5.57. The van der Waals surface area contributed by atoms with Gasteiger partial charge in [-0.15, -0.1) is 0 Å². The van der Waals surface area contributed by atoms with E-state index in [9.17, 15) is 9.59 Å². The van der Waals surface area contributed by atoms with Crippen LogP contribution >= 0.6 is 11.8 Å². The number of urea groups is 1. The van der Waals surface area contributed by atoms with E-state index in [4.69, 9.17) is 0 Å². The normalized spacial score (nSPS) is 30.6. The average molecular weight is 318 g/mol. The topological polar surface area (TPSA) is 49.4 Å². The molecule has 1 N–H and O–H groups in total. The summed E-state index contributed by atoms with van der Waals surface area (Å²) in [5, 5.41) is 2.84. The maximum atomic E-state index is 12.5. The summed E-state index contributed by atoms with van der Waals surface area (Å²) in [6.07, 6.45) is 3.57. The first-order chi connectivity index (χ1) is 10.5. The van der Waals surface area contributed by atoms with Gasteiger partial charge in [-0.25, -0.2) is 4.79 Å². The van der Waals surface area contributed by atoms with Crippen LogP contribution in [-0.4, -0.2) is 40.9 Å². The Bertz CT molecular complexity index is 618. The van der Waals surface area contributed by atoms with Gasteiger partial charge in [0, 0.05) is 5.41 Å². The zero-order valence-electron chi connectivity index (χ0n) is 13.3. The van der Waals surface area contributed by atoms with E-state index in [-0.39, 0.29) is 29.4 Å². The second kappa shape index (κ2) is 5.61. The van der Waals surface area contributed by atoms with Crippen molar-refractivity contribution < 1.29 is 9.59 Å². The van der Waals surface area contributed by atoms with Crippen molar-refractivity contribution in [2.75, 3.05) is 12.0 Å². The number of imide groups is 1. The number of thioether (sulfide) groups is 1. The third-order valence-electron chi connectivity index (χ3n) is 4.93. The first-order valence-corrected chi connectivity index (χ1v) is 9.07. The molecule has 4 nitrogen and oxygen atoms in total. The van der Waals surface area contributed by atoms with E-state index in [1.165, 1.54) is 16.0 Å². The minimum Gasteiger partial charge on any atom is -0.326 e. The van der Waals surface area contributed by atoms with E-state index in [0.717, 1.165) is 12.2 Å². The molecule has 3 unspecified atom stereocenters. The number of hydrogen-bond acceptors (Lipinski definition) is 3. The van der Waals surface area contributed by atoms with Gasteiger partial charge in [-0.3, -0.25) is 9.69 Å². The lowest BCUT2D eigenvalue weighted by Gasteiger charge is -2.19. The molecule has 1 heterocycles. The largest absolute Gasteiger partial charge is 0.326 e. The Labute approximate surface area is 135 Å². The lowest BCUT2D eigenvalue weighted by molar-refractivity contribution is -0.128. The van der Waals surface area contributed by atoms with Crippen molar-refractivity contribution in [2.24, 2.45) is 0 Å². The molecule has 0 radical (unpaired) electrons. The summed E-state index contributed by atoms with van der Waals surface area (Å²) in [5.41, 5.74) is 2.36. The second-order valence-electron chi connectivity index (χ2n) is 6.44. The molecule has 118 valence electrons. The minimum atomic E-state index is -0.346. The summed E-state index contributed by atoms with van der Waals surface area (Å²) < 4.78 is 0. The summed E-state index contributed by atoms with van der Waals surface area (Å²) in [5.74, 6) is 0.825. The third kappa shape index (κ3) is 2.41. The van der Waals surface area contributed by atoms with Gasteiger partial charge in [0.15, 0.2) is 0 Å². The van der Waals surface area contributed by atoms with Gasteiger partial charge in [-0.1, -0.05) is 31.2 Å². The van der Waals surface area contributed by atoms with Gasteiger partial charge in [0.05, 0.1) is 6.04 Å². The average Bonchev–Trinajstić information content (AvgIpc) is 3.07. The van der Waals surface area contributed by atoms with Crippen LogP contribution in [0.2, 0.25) is 0 Å². The molecule has 0 bridgehead atoms. The molecule has 1 saturated heterocycles. The summed E-state index contributed by atoms with van der Waals surface area (Å²) in [6.45, 7) is 4.24. The van der Waals surface area contributed by atoms with Gasteiger partial charge in [0.25, 0.3) is 5.91 Å². The highest BCUT2D eigenvalue weighted by molar-refractivity contribution is 7.98. The van der Waals surface area contributed by atoms with E-state index in [1.807, 2.05) is 18.4 Å². The molecule has 1 saturated carbocycles. The van der Waals surface area contributed by atoms with Crippen LogP contribution in [0.15, 0.2) is 24.3 Å². The standard InChI is InChI=1S/C17H22N2O2S/c1-11-6-4-5-7-12(11)17(2)10-14(17)19-15(20)13(8-9-22-3)18-16(19)21/h4-7,13-14H,8-10H2,1-3H3,(H,18,21). The molecule has 0 spiro atoms. The Morgan fingerprint density at radius 1 is 1.36 bits per heavy atom. The number of benzene rings is 1. The molecule has 1 aromatic rings. The molecule has 3 amide bonds. The molecule has 3 rings (SSSR count). The zero-order chi connectivity index (χ0) is 15.9. The lowest BCUT2D eigenvalue weighted by atomic mass is 9.93. The molecule has 22 heavy (non-hydrogen) atoms. The Hall–Kier alpha value is -1.49. The smallest absolute Gasteiger partial charge is 0.325 e. The van der Waals surface area contributed by atoms with Crippen LogP contribution in [0.25, 0.3) is 0 Å². The number of nitrogens with zero attached hydrogens (tertiary/aromatic N) is 1. The number of aryl methyl sites for hydroxylation is 1. The van der Waals surface area contributed by atoms with Crippen molar-refractivity contribution in [1.29, 1.82) is 0 Å². The van der Waals surface area contributed by atoms with E-state index >= 15 is 0 Å². The number of amides is 3. The number of carbonyl (C=O) groups is 2. The van der Waals surface area contributed by atoms with E-state index in [0.29, 0.717) is 6.42 Å². The van der Waals surface area contributed by atoms with Gasteiger partial charge in [-0.2, -0.15) is 11.8 Å². The number of hydrogen-bond donors (Lipinski definition) is 1. The Kier molecular flexibility index (Phi) is 3.93. The number of rotatable bonds is 5. The van der Waals surface area contributed by atoms with E-state index in [1.54, 1.807) is 11.8 Å². The quantitative estimate of drug-likeness (QED) is 0.849. The predicted molar refractivity (Wildman–Crippen MR) is 89.1 cm³/mol. The molecular formula is C17H22N2O2S. The number of nitrogens with one attached hydrogen (secondary N) is 1. The monoisotopic (exact) mass is 318 g/mol. The highest BCUT2D eigenvalue weighted by Gasteiger charge is 2.60. The van der Waals surface area contributed by atoms with Crippen molar-refractivity contribution in [3.8, 4) is 0 Å². The van der Waals surface area contributed by atoms with Crippen LogP contribution in [0.4, 0.5) is 4.79 Å². The second-order valence-corrected chi connectivity index (χ2v) is 7.43. The fourth-order valence-corrected chi connectivity index (χ4v) is 3.97. The van der Waals surface area contributed by atoms with Crippen molar-refractivity contribution in [3.05, 3.63) is 35.4 Å². The van der Waals surface area contributed by atoms with Crippen LogP contribution in [0.1, 0.15) is 30.9 Å². The van der Waals surface area contributed by atoms with Gasteiger partial charge in [-0.05, 0) is 42.9 Å². The van der Waals surface area contributed by atoms with Crippen LogP contribution in [0, 0.1) is 6.92 Å². The molecular weight excluding hydrogens is 296 g/mol. The van der Waals surface area contributed by atoms with E-state index < -0.39 is 0 Å². The maximum Gasteiger partial charge on any atom is 0.325 e. The highest BCUT2D eigenvalue weighted by atomic mass is 32.2. The molecule has 3 atom stereocenters. The first-order valence-electron chi connectivity index (χ1n) is 7.67. The molecule has 1 aliphatic heterocycles. The van der Waals surface area contributed by atoms with Crippen LogP contribution in [0.3, 0.4) is 0 Å². The summed E-state index contributed by atoms with van der Waals surface area (Å²) in [7, 11) is 0. The molecule has 0 aromatic heterocycles. The van der Waals surface area contributed by atoms with Crippen molar-refractivity contribution in [1.82, 2.24) is 10.2 Å². The SMILES string of the molecule is CSCCC1NC(=O)N(C2CC2(C)c2ccccc2C)C1=O. The van der Waals surface area contributed by atoms with Gasteiger partial charge >= 0.3 is 6.03 Å². The molecule has 1 aliphatic carbocycles. The van der Waals surface area contributed by atoms with Gasteiger partial charge in [0.1, 0.15) is 6.04 Å². The van der Waals surface area contributed by atoms with Crippen molar-refractivity contribution >= 4 is 23.7 Å². The van der Waals surface area contributed by atoms with Crippen LogP contribution < -0.4 is 5.32 Å². The zero-order valence-corrected chi connectivity index (χ0v) is 14.1. The molecule has 5 heteroatoms. The Morgan fingerprint density at radius 2 is 2.09 bits per heavy atom. The fourth-order valence-electron chi connectivity index (χ4n) is 3.50. The van der Waals surface area contributed by atoms with E-state index in [2.05, 4.69) is 31.3 Å². The summed E-state index contributed by atoms with van der Waals surface area (Å²) in [4.78, 5) is 26.2. The molecule has 2 aliphatic rings. The lowest BCUT2D eigenvalue weighted by Crippen LogP contribution is -2.37. The fraction of sp³-hybridized carbons (Fsp3) is 0.529. The Morgan fingerprint density at radius 3 is 2.77 bits per heavy atom. The molecule has 2 fully saturated rings. The van der Waals surface area contributed by atoms with Crippen molar-refractivity contribution in [2.45, 2.75) is 44.2 Å². The van der Waals surface area contributed by atoms with Crippen molar-refractivity contribution in [3.63, 3.8) is 0 Å². The summed E-state index contributed by atoms with van der Waals surface area (Å²) >= 11 is 1.69. The maximum absolute atomic E-state index is 12.5. The van der Waals surface area contributed by atoms with Crippen LogP contribution in [-0.2, 0) is 10.2 Å². The molecule has 1 aromatic carbocycles. The predicted octanol–water partition coefficient (Wildman–Crippen LogP) is 2.70. The first kappa shape index (κ1) is 15.4.